The Balaban J connectivity index is 2.86. The molecule has 0 aromatic carbocycles. The third kappa shape index (κ3) is 2.58. The number of carbonyl (C=O) groups is 1. The van der Waals surface area contributed by atoms with Gasteiger partial charge in [-0.15, -0.1) is 0 Å². The predicted molar refractivity (Wildman–Crippen MR) is 46.4 cm³/mol. The number of rotatable bonds is 2. The average molecular weight is 198 g/mol. The molecule has 0 unspecified atom stereocenters. The molecular formula is C8H10N2O4. The fraction of sp³-hybridized carbons (Fsp3) is 0.375. The van der Waals surface area contributed by atoms with Gasteiger partial charge in [-0.05, 0) is 6.92 Å². The molecule has 0 N–H and O–H groups in total. The lowest BCUT2D eigenvalue weighted by atomic mass is 10.4. The van der Waals surface area contributed by atoms with Crippen molar-refractivity contribution in [1.29, 1.82) is 0 Å². The molecule has 0 fully saturated rings. The monoisotopic (exact) mass is 198 g/mol. The zero-order chi connectivity index (χ0) is 10.6. The first-order valence-electron chi connectivity index (χ1n) is 3.81. The zero-order valence-electron chi connectivity index (χ0n) is 8.10. The van der Waals surface area contributed by atoms with E-state index in [1.165, 1.54) is 20.3 Å². The normalized spacial score (nSPS) is 9.36. The van der Waals surface area contributed by atoms with Crippen LogP contribution in [0.3, 0.4) is 0 Å². The van der Waals surface area contributed by atoms with E-state index >= 15 is 0 Å². The predicted octanol–water partition coefficient (Wildman–Crippen LogP) is 0.939. The second-order valence-corrected chi connectivity index (χ2v) is 2.39. The minimum atomic E-state index is -0.829. The minimum absolute atomic E-state index is 0.0983. The fourth-order valence-electron chi connectivity index (χ4n) is 0.784. The summed E-state index contributed by atoms with van der Waals surface area (Å²) in [5.41, 5.74) is 0.635. The molecule has 0 saturated heterocycles. The van der Waals surface area contributed by atoms with E-state index in [1.807, 2.05) is 0 Å². The Morgan fingerprint density at radius 1 is 1.36 bits per heavy atom. The molecule has 1 rings (SSSR count). The summed E-state index contributed by atoms with van der Waals surface area (Å²) in [7, 11) is 2.64. The van der Waals surface area contributed by atoms with E-state index in [2.05, 4.69) is 14.7 Å². The first-order valence-corrected chi connectivity index (χ1v) is 3.81. The van der Waals surface area contributed by atoms with Crippen molar-refractivity contribution in [3.05, 3.63) is 11.8 Å². The average Bonchev–Trinajstić information content (AvgIpc) is 2.16. The number of aryl methyl sites for hydroxylation is 1. The Bertz CT molecular complexity index is 340. The summed E-state index contributed by atoms with van der Waals surface area (Å²) in [5.74, 6) is 0.0983. The van der Waals surface area contributed by atoms with Crippen LogP contribution in [0.2, 0.25) is 0 Å². The van der Waals surface area contributed by atoms with Gasteiger partial charge in [-0.2, -0.15) is 4.98 Å². The van der Waals surface area contributed by atoms with E-state index in [0.29, 0.717) is 5.69 Å². The van der Waals surface area contributed by atoms with Crippen molar-refractivity contribution in [1.82, 2.24) is 9.97 Å². The van der Waals surface area contributed by atoms with Crippen molar-refractivity contribution in [3.8, 4) is 11.9 Å². The maximum Gasteiger partial charge on any atom is 0.514 e. The molecule has 0 bridgehead atoms. The maximum absolute atomic E-state index is 10.7. The van der Waals surface area contributed by atoms with Gasteiger partial charge in [-0.3, -0.25) is 0 Å². The van der Waals surface area contributed by atoms with Gasteiger partial charge in [0.2, 0.25) is 5.88 Å². The van der Waals surface area contributed by atoms with Gasteiger partial charge in [0.25, 0.3) is 0 Å². The van der Waals surface area contributed by atoms with E-state index in [1.54, 1.807) is 6.92 Å². The molecule has 0 radical (unpaired) electrons. The smallest absolute Gasteiger partial charge is 0.467 e. The van der Waals surface area contributed by atoms with Crippen molar-refractivity contribution in [2.24, 2.45) is 0 Å². The molecule has 1 aromatic heterocycles. The molecule has 6 nitrogen and oxygen atoms in total. The summed E-state index contributed by atoms with van der Waals surface area (Å²) < 4.78 is 13.8. The Labute approximate surface area is 80.8 Å². The van der Waals surface area contributed by atoms with Crippen LogP contribution in [-0.4, -0.2) is 30.3 Å². The third-order valence-electron chi connectivity index (χ3n) is 1.35. The Hall–Kier alpha value is -1.85. The quantitative estimate of drug-likeness (QED) is 0.658. The molecule has 1 aromatic rings. The van der Waals surface area contributed by atoms with Crippen LogP contribution in [0, 0.1) is 6.92 Å². The van der Waals surface area contributed by atoms with Crippen LogP contribution < -0.4 is 9.47 Å². The van der Waals surface area contributed by atoms with Crippen LogP contribution in [0.5, 0.6) is 11.9 Å². The summed E-state index contributed by atoms with van der Waals surface area (Å²) >= 11 is 0. The van der Waals surface area contributed by atoms with Gasteiger partial charge in [0.15, 0.2) is 0 Å². The summed E-state index contributed by atoms with van der Waals surface area (Å²) in [6.07, 6.45) is -0.829. The number of nitrogens with zero attached hydrogens (tertiary/aromatic N) is 2. The van der Waals surface area contributed by atoms with E-state index < -0.39 is 6.16 Å². The molecule has 0 aliphatic heterocycles. The molecule has 76 valence electrons. The van der Waals surface area contributed by atoms with Crippen LogP contribution >= 0.6 is 0 Å². The molecule has 0 saturated carbocycles. The van der Waals surface area contributed by atoms with Crippen molar-refractivity contribution in [2.45, 2.75) is 6.92 Å². The summed E-state index contributed by atoms with van der Waals surface area (Å²) in [6, 6.07) is 1.64. The standard InChI is InChI=1S/C8H10N2O4/c1-5-4-6(14-8(11)13-3)10-7(9-5)12-2/h4H,1-3H3. The van der Waals surface area contributed by atoms with Gasteiger partial charge < -0.3 is 14.2 Å². The molecule has 6 heteroatoms. The largest absolute Gasteiger partial charge is 0.514 e. The Morgan fingerprint density at radius 2 is 2.07 bits per heavy atom. The first kappa shape index (κ1) is 10.2. The number of ether oxygens (including phenoxy) is 3. The summed E-state index contributed by atoms with van der Waals surface area (Å²) in [5, 5.41) is 0. The second kappa shape index (κ2) is 4.40. The highest BCUT2D eigenvalue weighted by Gasteiger charge is 2.08. The number of methoxy groups -OCH3 is 2. The lowest BCUT2D eigenvalue weighted by Gasteiger charge is -2.03. The molecule has 0 aliphatic carbocycles. The molecular weight excluding hydrogens is 188 g/mol. The van der Waals surface area contributed by atoms with Crippen molar-refractivity contribution in [3.63, 3.8) is 0 Å². The van der Waals surface area contributed by atoms with E-state index in [4.69, 9.17) is 9.47 Å². The highest BCUT2D eigenvalue weighted by atomic mass is 16.7. The third-order valence-corrected chi connectivity index (χ3v) is 1.35. The van der Waals surface area contributed by atoms with Crippen molar-refractivity contribution < 1.29 is 19.0 Å². The fourth-order valence-corrected chi connectivity index (χ4v) is 0.784. The van der Waals surface area contributed by atoms with Gasteiger partial charge in [0.1, 0.15) is 0 Å². The maximum atomic E-state index is 10.7. The first-order chi connectivity index (χ1) is 6.65. The number of hydrogen-bond donors (Lipinski definition) is 0. The highest BCUT2D eigenvalue weighted by molar-refractivity contribution is 5.62. The molecule has 14 heavy (non-hydrogen) atoms. The number of carbonyl (C=O) groups excluding carboxylic acids is 1. The Kier molecular flexibility index (Phi) is 3.22. The van der Waals surface area contributed by atoms with Gasteiger partial charge in [-0.25, -0.2) is 9.78 Å². The van der Waals surface area contributed by atoms with Crippen molar-refractivity contribution in [2.75, 3.05) is 14.2 Å². The minimum Gasteiger partial charge on any atom is -0.467 e. The van der Waals surface area contributed by atoms with Crippen LogP contribution in [0.25, 0.3) is 0 Å². The van der Waals surface area contributed by atoms with E-state index in [0.717, 1.165) is 0 Å². The lowest BCUT2D eigenvalue weighted by Crippen LogP contribution is -2.09. The summed E-state index contributed by atoms with van der Waals surface area (Å²) in [4.78, 5) is 18.5. The number of aromatic nitrogens is 2. The number of hydrogen-bond acceptors (Lipinski definition) is 6. The van der Waals surface area contributed by atoms with Gasteiger partial charge in [0, 0.05) is 11.8 Å². The van der Waals surface area contributed by atoms with Gasteiger partial charge >= 0.3 is 12.2 Å². The SMILES string of the molecule is COC(=O)Oc1cc(C)nc(OC)n1. The molecule has 0 aliphatic rings. The van der Waals surface area contributed by atoms with Gasteiger partial charge in [-0.1, -0.05) is 0 Å². The summed E-state index contributed by atoms with van der Waals surface area (Å²) in [6.45, 7) is 1.73. The van der Waals surface area contributed by atoms with Gasteiger partial charge in [0.05, 0.1) is 14.2 Å². The van der Waals surface area contributed by atoms with E-state index in [9.17, 15) is 4.79 Å². The van der Waals surface area contributed by atoms with Crippen LogP contribution in [-0.2, 0) is 4.74 Å². The Morgan fingerprint density at radius 3 is 2.64 bits per heavy atom. The molecule has 0 atom stereocenters. The molecule has 1 heterocycles. The topological polar surface area (TPSA) is 70.5 Å². The highest BCUT2D eigenvalue weighted by Crippen LogP contribution is 2.13. The van der Waals surface area contributed by atoms with Crippen LogP contribution in [0.1, 0.15) is 5.69 Å². The van der Waals surface area contributed by atoms with Crippen LogP contribution in [0.4, 0.5) is 4.79 Å². The van der Waals surface area contributed by atoms with E-state index in [-0.39, 0.29) is 11.9 Å². The molecule has 0 spiro atoms. The zero-order valence-corrected chi connectivity index (χ0v) is 8.10. The lowest BCUT2D eigenvalue weighted by molar-refractivity contribution is 0.119. The molecule has 0 amide bonds. The second-order valence-electron chi connectivity index (χ2n) is 2.39. The van der Waals surface area contributed by atoms with Crippen molar-refractivity contribution >= 4 is 6.16 Å². The van der Waals surface area contributed by atoms with Crippen LogP contribution in [0.15, 0.2) is 6.07 Å².